The predicted octanol–water partition coefficient (Wildman–Crippen LogP) is 2.74. The van der Waals surface area contributed by atoms with Crippen molar-refractivity contribution in [3.8, 4) is 0 Å². The minimum atomic E-state index is -0.545. The van der Waals surface area contributed by atoms with E-state index in [2.05, 4.69) is 5.32 Å². The molecule has 5 heteroatoms. The van der Waals surface area contributed by atoms with Crippen LogP contribution in [0.4, 0.5) is 15.8 Å². The van der Waals surface area contributed by atoms with Gasteiger partial charge in [0.25, 0.3) is 5.91 Å². The highest BCUT2D eigenvalue weighted by Gasteiger charge is 2.09. The van der Waals surface area contributed by atoms with Gasteiger partial charge in [0.1, 0.15) is 5.82 Å². The smallest absolute Gasteiger partial charge is 0.250 e. The van der Waals surface area contributed by atoms with Crippen molar-refractivity contribution in [2.24, 2.45) is 5.73 Å². The SMILES string of the molecule is Cc1cc(CNc2ccc(N)cc2C(N)=O)cc(C)c1F. The molecule has 0 spiro atoms. The molecule has 2 aromatic rings. The molecule has 0 unspecified atom stereocenters. The Bertz CT molecular complexity index is 675. The first kappa shape index (κ1) is 14.8. The van der Waals surface area contributed by atoms with Gasteiger partial charge in [0.05, 0.1) is 5.56 Å². The first-order valence-corrected chi connectivity index (χ1v) is 6.57. The lowest BCUT2D eigenvalue weighted by Gasteiger charge is -2.12. The van der Waals surface area contributed by atoms with Crippen LogP contribution in [0.15, 0.2) is 30.3 Å². The van der Waals surface area contributed by atoms with E-state index in [1.165, 1.54) is 6.07 Å². The molecule has 0 aromatic heterocycles. The van der Waals surface area contributed by atoms with Gasteiger partial charge in [-0.25, -0.2) is 4.39 Å². The molecule has 0 fully saturated rings. The van der Waals surface area contributed by atoms with Crippen molar-refractivity contribution in [3.05, 3.63) is 58.4 Å². The fraction of sp³-hybridized carbons (Fsp3) is 0.188. The highest BCUT2D eigenvalue weighted by atomic mass is 19.1. The molecule has 5 N–H and O–H groups in total. The average Bonchev–Trinajstić information content (AvgIpc) is 2.43. The number of anilines is 2. The van der Waals surface area contributed by atoms with Gasteiger partial charge in [-0.1, -0.05) is 12.1 Å². The van der Waals surface area contributed by atoms with Crippen molar-refractivity contribution in [1.82, 2.24) is 0 Å². The number of amides is 1. The van der Waals surface area contributed by atoms with Gasteiger partial charge in [-0.15, -0.1) is 0 Å². The van der Waals surface area contributed by atoms with E-state index in [4.69, 9.17) is 11.5 Å². The number of nitrogen functional groups attached to an aromatic ring is 1. The molecule has 0 saturated heterocycles. The van der Waals surface area contributed by atoms with Gasteiger partial charge in [0.15, 0.2) is 0 Å². The monoisotopic (exact) mass is 287 g/mol. The van der Waals surface area contributed by atoms with Crippen LogP contribution in [0.1, 0.15) is 27.0 Å². The van der Waals surface area contributed by atoms with Gasteiger partial charge >= 0.3 is 0 Å². The Morgan fingerprint density at radius 2 is 1.81 bits per heavy atom. The summed E-state index contributed by atoms with van der Waals surface area (Å²) in [7, 11) is 0. The van der Waals surface area contributed by atoms with Crippen LogP contribution in [0, 0.1) is 19.7 Å². The molecule has 0 aliphatic rings. The Kier molecular flexibility index (Phi) is 4.12. The Labute approximate surface area is 123 Å². The molecule has 110 valence electrons. The van der Waals surface area contributed by atoms with Crippen LogP contribution in [-0.2, 0) is 6.54 Å². The number of hydrogen-bond donors (Lipinski definition) is 3. The number of halogens is 1. The molecule has 4 nitrogen and oxygen atoms in total. The topological polar surface area (TPSA) is 81.1 Å². The van der Waals surface area contributed by atoms with Crippen molar-refractivity contribution in [1.29, 1.82) is 0 Å². The van der Waals surface area contributed by atoms with Crippen LogP contribution in [-0.4, -0.2) is 5.91 Å². The largest absolute Gasteiger partial charge is 0.399 e. The number of nitrogens with two attached hydrogens (primary N) is 2. The van der Waals surface area contributed by atoms with Gasteiger partial charge in [0, 0.05) is 17.9 Å². The lowest BCUT2D eigenvalue weighted by atomic mass is 10.1. The molecule has 1 amide bonds. The minimum absolute atomic E-state index is 0.191. The van der Waals surface area contributed by atoms with Crippen molar-refractivity contribution < 1.29 is 9.18 Å². The Balaban J connectivity index is 2.22. The third-order valence-corrected chi connectivity index (χ3v) is 3.29. The molecule has 0 radical (unpaired) electrons. The zero-order chi connectivity index (χ0) is 15.6. The Hall–Kier alpha value is -2.56. The zero-order valence-corrected chi connectivity index (χ0v) is 12.0. The van der Waals surface area contributed by atoms with Crippen molar-refractivity contribution in [2.75, 3.05) is 11.1 Å². The van der Waals surface area contributed by atoms with Crippen molar-refractivity contribution in [3.63, 3.8) is 0 Å². The quantitative estimate of drug-likeness (QED) is 0.756. The Morgan fingerprint density at radius 1 is 1.19 bits per heavy atom. The summed E-state index contributed by atoms with van der Waals surface area (Å²) in [6, 6.07) is 8.48. The second-order valence-electron chi connectivity index (χ2n) is 5.07. The number of primary amides is 1. The van der Waals surface area contributed by atoms with E-state index in [0.29, 0.717) is 34.6 Å². The van der Waals surface area contributed by atoms with Crippen LogP contribution in [0.25, 0.3) is 0 Å². The summed E-state index contributed by atoms with van der Waals surface area (Å²) < 4.78 is 13.6. The summed E-state index contributed by atoms with van der Waals surface area (Å²) in [5, 5.41) is 3.13. The predicted molar refractivity (Wildman–Crippen MR) is 82.6 cm³/mol. The fourth-order valence-corrected chi connectivity index (χ4v) is 2.25. The summed E-state index contributed by atoms with van der Waals surface area (Å²) in [6.07, 6.45) is 0. The van der Waals surface area contributed by atoms with Gasteiger partial charge in [0.2, 0.25) is 0 Å². The van der Waals surface area contributed by atoms with E-state index in [-0.39, 0.29) is 5.82 Å². The first-order valence-electron chi connectivity index (χ1n) is 6.57. The van der Waals surface area contributed by atoms with E-state index in [0.717, 1.165) is 5.56 Å². The molecule has 0 atom stereocenters. The molecule has 21 heavy (non-hydrogen) atoms. The van der Waals surface area contributed by atoms with E-state index in [1.54, 1.807) is 38.1 Å². The van der Waals surface area contributed by atoms with Gasteiger partial charge in [-0.3, -0.25) is 4.79 Å². The minimum Gasteiger partial charge on any atom is -0.399 e. The maximum atomic E-state index is 13.6. The highest BCUT2D eigenvalue weighted by molar-refractivity contribution is 5.99. The standard InChI is InChI=1S/C16H18FN3O/c1-9-5-11(6-10(2)15(9)17)8-20-14-4-3-12(18)7-13(14)16(19)21/h3-7,20H,8,18H2,1-2H3,(H2,19,21). The second-order valence-corrected chi connectivity index (χ2v) is 5.07. The molecule has 0 aliphatic heterocycles. The normalized spacial score (nSPS) is 10.4. The van der Waals surface area contributed by atoms with Crippen LogP contribution in [0.5, 0.6) is 0 Å². The molecule has 0 heterocycles. The number of rotatable bonds is 4. The molecule has 0 saturated carbocycles. The molecule has 2 rings (SSSR count). The summed E-state index contributed by atoms with van der Waals surface area (Å²) in [5.74, 6) is -0.736. The molecule has 2 aromatic carbocycles. The highest BCUT2D eigenvalue weighted by Crippen LogP contribution is 2.20. The van der Waals surface area contributed by atoms with E-state index < -0.39 is 5.91 Å². The van der Waals surface area contributed by atoms with Crippen LogP contribution >= 0.6 is 0 Å². The van der Waals surface area contributed by atoms with E-state index in [9.17, 15) is 9.18 Å². The Morgan fingerprint density at radius 3 is 2.38 bits per heavy atom. The third kappa shape index (κ3) is 3.31. The summed E-state index contributed by atoms with van der Waals surface area (Å²) in [5.41, 5.74) is 14.5. The maximum Gasteiger partial charge on any atom is 0.250 e. The van der Waals surface area contributed by atoms with Crippen LogP contribution < -0.4 is 16.8 Å². The molecular formula is C16H18FN3O. The van der Waals surface area contributed by atoms with E-state index >= 15 is 0 Å². The van der Waals surface area contributed by atoms with Crippen molar-refractivity contribution in [2.45, 2.75) is 20.4 Å². The van der Waals surface area contributed by atoms with Gasteiger partial charge < -0.3 is 16.8 Å². The average molecular weight is 287 g/mol. The number of nitrogens with one attached hydrogen (secondary N) is 1. The van der Waals surface area contributed by atoms with Crippen LogP contribution in [0.2, 0.25) is 0 Å². The lowest BCUT2D eigenvalue weighted by molar-refractivity contribution is 0.100. The number of hydrogen-bond acceptors (Lipinski definition) is 3. The van der Waals surface area contributed by atoms with Gasteiger partial charge in [-0.05, 0) is 48.7 Å². The fourth-order valence-electron chi connectivity index (χ4n) is 2.25. The maximum absolute atomic E-state index is 13.6. The number of benzene rings is 2. The second kappa shape index (κ2) is 5.83. The van der Waals surface area contributed by atoms with E-state index in [1.807, 2.05) is 0 Å². The number of carbonyl (C=O) groups is 1. The zero-order valence-electron chi connectivity index (χ0n) is 12.0. The van der Waals surface area contributed by atoms with Crippen molar-refractivity contribution >= 4 is 17.3 Å². The van der Waals surface area contributed by atoms with Crippen LogP contribution in [0.3, 0.4) is 0 Å². The summed E-state index contributed by atoms with van der Waals surface area (Å²) >= 11 is 0. The first-order chi connectivity index (χ1) is 9.88. The number of aryl methyl sites for hydroxylation is 2. The molecular weight excluding hydrogens is 269 g/mol. The summed E-state index contributed by atoms with van der Waals surface area (Å²) in [6.45, 7) is 3.92. The lowest BCUT2D eigenvalue weighted by Crippen LogP contribution is -2.15. The van der Waals surface area contributed by atoms with Gasteiger partial charge in [-0.2, -0.15) is 0 Å². The third-order valence-electron chi connectivity index (χ3n) is 3.29. The molecule has 0 bridgehead atoms. The summed E-state index contributed by atoms with van der Waals surface area (Å²) in [4.78, 5) is 11.4. The number of carbonyl (C=O) groups excluding carboxylic acids is 1. The molecule has 0 aliphatic carbocycles.